The van der Waals surface area contributed by atoms with E-state index in [1.54, 1.807) is 0 Å². The molecule has 1 aliphatic rings. The van der Waals surface area contributed by atoms with Crippen LogP contribution < -0.4 is 15.4 Å². The van der Waals surface area contributed by atoms with Crippen molar-refractivity contribution in [3.05, 3.63) is 18.2 Å². The molecule has 0 fully saturated rings. The van der Waals surface area contributed by atoms with Gasteiger partial charge in [-0.3, -0.25) is 0 Å². The number of fused-ring (bicyclic) bond motifs is 1. The van der Waals surface area contributed by atoms with Gasteiger partial charge in [0.1, 0.15) is 11.4 Å². The van der Waals surface area contributed by atoms with Gasteiger partial charge in [-0.2, -0.15) is 0 Å². The van der Waals surface area contributed by atoms with Crippen LogP contribution in [-0.2, 0) is 0 Å². The van der Waals surface area contributed by atoms with E-state index < -0.39 is 0 Å². The van der Waals surface area contributed by atoms with Crippen molar-refractivity contribution in [2.24, 2.45) is 0 Å². The third kappa shape index (κ3) is 3.88. The lowest BCUT2D eigenvalue weighted by Crippen LogP contribution is -2.50. The highest BCUT2D eigenvalue weighted by Crippen LogP contribution is 2.40. The molecule has 1 aromatic rings. The summed E-state index contributed by atoms with van der Waals surface area (Å²) in [4.78, 5) is 2.49. The lowest BCUT2D eigenvalue weighted by molar-refractivity contribution is 0.0574. The number of nitrogens with two attached hydrogens (primary N) is 1. The molecule has 0 saturated carbocycles. The topological polar surface area (TPSA) is 38.5 Å². The Morgan fingerprint density at radius 2 is 1.82 bits per heavy atom. The van der Waals surface area contributed by atoms with Crippen molar-refractivity contribution in [3.63, 3.8) is 0 Å². The zero-order valence-corrected chi connectivity index (χ0v) is 14.5. The number of nitrogen functional groups attached to an aromatic ring is 1. The summed E-state index contributed by atoms with van der Waals surface area (Å²) in [5.74, 6) is 0.998. The SMILES string of the molecule is CCCCCCCN1CC(CC)(CC)Oc2ccc(N)cc21. The van der Waals surface area contributed by atoms with Crippen LogP contribution in [0.5, 0.6) is 5.75 Å². The summed E-state index contributed by atoms with van der Waals surface area (Å²) >= 11 is 0. The van der Waals surface area contributed by atoms with Crippen molar-refractivity contribution < 1.29 is 4.74 Å². The number of anilines is 2. The van der Waals surface area contributed by atoms with E-state index in [1.807, 2.05) is 12.1 Å². The Morgan fingerprint density at radius 1 is 1.09 bits per heavy atom. The van der Waals surface area contributed by atoms with E-state index in [0.717, 1.165) is 37.4 Å². The minimum atomic E-state index is -0.0491. The van der Waals surface area contributed by atoms with Gasteiger partial charge in [-0.25, -0.2) is 0 Å². The van der Waals surface area contributed by atoms with Crippen LogP contribution >= 0.6 is 0 Å². The first-order valence-corrected chi connectivity index (χ1v) is 8.97. The van der Waals surface area contributed by atoms with E-state index >= 15 is 0 Å². The molecule has 0 amide bonds. The number of ether oxygens (including phenoxy) is 1. The normalized spacial score (nSPS) is 16.2. The Balaban J connectivity index is 2.11. The molecule has 1 heterocycles. The highest BCUT2D eigenvalue weighted by molar-refractivity contribution is 5.66. The van der Waals surface area contributed by atoms with Gasteiger partial charge in [0, 0.05) is 12.2 Å². The number of hydrogen-bond acceptors (Lipinski definition) is 3. The summed E-state index contributed by atoms with van der Waals surface area (Å²) in [6.07, 6.45) is 8.63. The van der Waals surface area contributed by atoms with Crippen molar-refractivity contribution in [1.29, 1.82) is 0 Å². The highest BCUT2D eigenvalue weighted by atomic mass is 16.5. The van der Waals surface area contributed by atoms with E-state index in [9.17, 15) is 0 Å². The van der Waals surface area contributed by atoms with E-state index in [1.165, 1.54) is 37.8 Å². The maximum absolute atomic E-state index is 6.35. The molecule has 2 N–H and O–H groups in total. The average molecular weight is 304 g/mol. The Hall–Kier alpha value is -1.38. The van der Waals surface area contributed by atoms with Gasteiger partial charge >= 0.3 is 0 Å². The molecule has 3 heteroatoms. The Morgan fingerprint density at radius 3 is 2.50 bits per heavy atom. The van der Waals surface area contributed by atoms with Crippen LogP contribution in [0.25, 0.3) is 0 Å². The zero-order chi connectivity index (χ0) is 16.0. The Bertz CT molecular complexity index is 469. The minimum absolute atomic E-state index is 0.0491. The molecule has 0 bridgehead atoms. The summed E-state index contributed by atoms with van der Waals surface area (Å²) in [5.41, 5.74) is 7.93. The maximum atomic E-state index is 6.35. The molecule has 124 valence electrons. The predicted octanol–water partition coefficient (Wildman–Crippen LogP) is 5.00. The highest BCUT2D eigenvalue weighted by Gasteiger charge is 2.36. The molecular formula is C19H32N2O. The quantitative estimate of drug-likeness (QED) is 0.543. The van der Waals surface area contributed by atoms with E-state index in [4.69, 9.17) is 10.5 Å². The molecule has 0 unspecified atom stereocenters. The minimum Gasteiger partial charge on any atom is -0.483 e. The van der Waals surface area contributed by atoms with Gasteiger partial charge in [0.2, 0.25) is 0 Å². The van der Waals surface area contributed by atoms with Gasteiger partial charge in [0.15, 0.2) is 0 Å². The summed E-state index contributed by atoms with van der Waals surface area (Å²) in [6, 6.07) is 6.05. The fourth-order valence-corrected chi connectivity index (χ4v) is 3.29. The number of rotatable bonds is 8. The van der Waals surface area contributed by atoms with Gasteiger partial charge in [-0.1, -0.05) is 46.5 Å². The third-order valence-corrected chi connectivity index (χ3v) is 4.95. The van der Waals surface area contributed by atoms with Crippen molar-refractivity contribution in [1.82, 2.24) is 0 Å². The summed E-state index contributed by atoms with van der Waals surface area (Å²) in [5, 5.41) is 0. The van der Waals surface area contributed by atoms with Crippen LogP contribution in [0.15, 0.2) is 18.2 Å². The standard InChI is InChI=1S/C19H32N2O/c1-4-7-8-9-10-13-21-15-19(5-2,6-3)22-18-12-11-16(20)14-17(18)21/h11-12,14H,4-10,13,15,20H2,1-3H3. The summed E-state index contributed by atoms with van der Waals surface area (Å²) < 4.78 is 6.35. The largest absolute Gasteiger partial charge is 0.483 e. The maximum Gasteiger partial charge on any atom is 0.143 e. The first kappa shape index (κ1) is 17.0. The van der Waals surface area contributed by atoms with Crippen molar-refractivity contribution in [3.8, 4) is 5.75 Å². The summed E-state index contributed by atoms with van der Waals surface area (Å²) in [7, 11) is 0. The fraction of sp³-hybridized carbons (Fsp3) is 0.684. The van der Waals surface area contributed by atoms with Crippen LogP contribution in [0.4, 0.5) is 11.4 Å². The first-order chi connectivity index (χ1) is 10.6. The molecule has 3 nitrogen and oxygen atoms in total. The monoisotopic (exact) mass is 304 g/mol. The lowest BCUT2D eigenvalue weighted by Gasteiger charge is -2.44. The van der Waals surface area contributed by atoms with Crippen LogP contribution in [0, 0.1) is 0 Å². The average Bonchev–Trinajstić information content (AvgIpc) is 2.54. The second-order valence-electron chi connectivity index (χ2n) is 6.56. The first-order valence-electron chi connectivity index (χ1n) is 8.97. The van der Waals surface area contributed by atoms with E-state index in [2.05, 4.69) is 31.7 Å². The molecule has 0 aromatic heterocycles. The van der Waals surface area contributed by atoms with E-state index in [-0.39, 0.29) is 5.60 Å². The predicted molar refractivity (Wildman–Crippen MR) is 95.8 cm³/mol. The van der Waals surface area contributed by atoms with Gasteiger partial charge in [-0.15, -0.1) is 0 Å². The van der Waals surface area contributed by atoms with Gasteiger partial charge < -0.3 is 15.4 Å². The smallest absolute Gasteiger partial charge is 0.143 e. The molecule has 0 atom stereocenters. The second kappa shape index (κ2) is 7.75. The second-order valence-corrected chi connectivity index (χ2v) is 6.56. The molecule has 2 rings (SSSR count). The molecule has 0 aliphatic carbocycles. The number of benzene rings is 1. The number of unbranched alkanes of at least 4 members (excludes halogenated alkanes) is 4. The van der Waals surface area contributed by atoms with Gasteiger partial charge in [0.25, 0.3) is 0 Å². The van der Waals surface area contributed by atoms with Crippen molar-refractivity contribution >= 4 is 11.4 Å². The lowest BCUT2D eigenvalue weighted by atomic mass is 9.93. The van der Waals surface area contributed by atoms with Gasteiger partial charge in [0.05, 0.1) is 12.2 Å². The third-order valence-electron chi connectivity index (χ3n) is 4.95. The molecule has 1 aromatic carbocycles. The van der Waals surface area contributed by atoms with Gasteiger partial charge in [-0.05, 0) is 37.5 Å². The van der Waals surface area contributed by atoms with Crippen LogP contribution in [-0.4, -0.2) is 18.7 Å². The fourth-order valence-electron chi connectivity index (χ4n) is 3.29. The molecule has 1 aliphatic heterocycles. The molecular weight excluding hydrogens is 272 g/mol. The summed E-state index contributed by atoms with van der Waals surface area (Å²) in [6.45, 7) is 8.80. The Labute approximate surface area is 135 Å². The molecule has 0 saturated heterocycles. The molecule has 0 radical (unpaired) electrons. The van der Waals surface area contributed by atoms with Crippen LogP contribution in [0.1, 0.15) is 65.7 Å². The Kier molecular flexibility index (Phi) is 5.98. The number of hydrogen-bond donors (Lipinski definition) is 1. The van der Waals surface area contributed by atoms with Crippen molar-refractivity contribution in [2.45, 2.75) is 71.3 Å². The van der Waals surface area contributed by atoms with Crippen molar-refractivity contribution in [2.75, 3.05) is 23.7 Å². The van der Waals surface area contributed by atoms with Crippen LogP contribution in [0.3, 0.4) is 0 Å². The van der Waals surface area contributed by atoms with Crippen LogP contribution in [0.2, 0.25) is 0 Å². The molecule has 22 heavy (non-hydrogen) atoms. The number of nitrogens with zero attached hydrogens (tertiary/aromatic N) is 1. The van der Waals surface area contributed by atoms with E-state index in [0.29, 0.717) is 0 Å². The molecule has 0 spiro atoms. The zero-order valence-electron chi connectivity index (χ0n) is 14.5.